The van der Waals surface area contributed by atoms with Crippen LogP contribution in [0.3, 0.4) is 0 Å². The SMILES string of the molecule is COC(=O)C1=NNC23C(=O)N(c4cccc(Br)c4)C(=O)C12C1c2ccccc2C3c2ccccc21. The van der Waals surface area contributed by atoms with Crippen LogP contribution in [0.2, 0.25) is 0 Å². The van der Waals surface area contributed by atoms with Gasteiger partial charge in [0.05, 0.1) is 12.8 Å². The fourth-order valence-corrected chi connectivity index (χ4v) is 7.22. The molecular formula is C27H18BrN3O4. The summed E-state index contributed by atoms with van der Waals surface area (Å²) < 4.78 is 5.84. The minimum Gasteiger partial charge on any atom is -0.464 e. The number of carbonyl (C=O) groups is 3. The third-order valence-corrected chi connectivity index (χ3v) is 8.46. The Kier molecular flexibility index (Phi) is 3.92. The highest BCUT2D eigenvalue weighted by atomic mass is 79.9. The molecule has 7 nitrogen and oxygen atoms in total. The predicted octanol–water partition coefficient (Wildman–Crippen LogP) is 3.47. The number of hydrogen-bond acceptors (Lipinski definition) is 6. The molecule has 0 aromatic heterocycles. The number of benzene rings is 3. The number of methoxy groups -OCH3 is 1. The third-order valence-electron chi connectivity index (χ3n) is 7.97. The van der Waals surface area contributed by atoms with Gasteiger partial charge in [-0.25, -0.2) is 9.69 Å². The topological polar surface area (TPSA) is 88.1 Å². The molecule has 8 heteroatoms. The Morgan fingerprint density at radius 2 is 1.51 bits per heavy atom. The van der Waals surface area contributed by atoms with Crippen LogP contribution >= 0.6 is 15.9 Å². The van der Waals surface area contributed by atoms with E-state index >= 15 is 0 Å². The summed E-state index contributed by atoms with van der Waals surface area (Å²) in [4.78, 5) is 43.6. The molecule has 172 valence electrons. The fraction of sp³-hybridized carbons (Fsp3) is 0.185. The van der Waals surface area contributed by atoms with Gasteiger partial charge in [-0.1, -0.05) is 70.5 Å². The van der Waals surface area contributed by atoms with Crippen molar-refractivity contribution < 1.29 is 19.1 Å². The summed E-state index contributed by atoms with van der Waals surface area (Å²) in [7, 11) is 1.26. The molecule has 2 atom stereocenters. The first-order valence-electron chi connectivity index (χ1n) is 11.2. The third kappa shape index (κ3) is 2.09. The fourth-order valence-electron chi connectivity index (χ4n) is 6.84. The normalized spacial score (nSPS) is 29.1. The van der Waals surface area contributed by atoms with Crippen LogP contribution in [-0.2, 0) is 19.1 Å². The number of hydrazone groups is 1. The van der Waals surface area contributed by atoms with Gasteiger partial charge < -0.3 is 4.74 Å². The highest BCUT2D eigenvalue weighted by Gasteiger charge is 2.85. The zero-order chi connectivity index (χ0) is 24.1. The van der Waals surface area contributed by atoms with E-state index in [4.69, 9.17) is 4.74 Å². The van der Waals surface area contributed by atoms with Crippen molar-refractivity contribution in [3.63, 3.8) is 0 Å². The second kappa shape index (κ2) is 6.66. The molecule has 0 saturated carbocycles. The summed E-state index contributed by atoms with van der Waals surface area (Å²) in [5.74, 6) is -2.75. The Morgan fingerprint density at radius 3 is 2.09 bits per heavy atom. The molecule has 2 aliphatic heterocycles. The summed E-state index contributed by atoms with van der Waals surface area (Å²) in [5.41, 5.74) is 4.10. The number of anilines is 1. The number of rotatable bonds is 2. The molecule has 2 heterocycles. The van der Waals surface area contributed by atoms with E-state index in [9.17, 15) is 14.4 Å². The van der Waals surface area contributed by atoms with E-state index in [0.717, 1.165) is 26.7 Å². The molecule has 3 aromatic rings. The van der Waals surface area contributed by atoms with Crippen LogP contribution in [-0.4, -0.2) is 36.1 Å². The van der Waals surface area contributed by atoms with Crippen LogP contribution < -0.4 is 10.3 Å². The Morgan fingerprint density at radius 1 is 0.914 bits per heavy atom. The first-order valence-corrected chi connectivity index (χ1v) is 12.0. The van der Waals surface area contributed by atoms with E-state index < -0.39 is 40.6 Å². The molecule has 2 amide bonds. The second-order valence-electron chi connectivity index (χ2n) is 9.23. The number of halogens is 1. The van der Waals surface area contributed by atoms with Crippen LogP contribution in [0.1, 0.15) is 34.1 Å². The van der Waals surface area contributed by atoms with Crippen molar-refractivity contribution in [1.82, 2.24) is 5.43 Å². The monoisotopic (exact) mass is 527 g/mol. The zero-order valence-electron chi connectivity index (χ0n) is 18.5. The standard InChI is InChI=1S/C27H18BrN3O4/c1-35-23(32)22-26-20-16-9-2-4-11-18(16)21(19-12-5-3-10-17(19)20)27(26,30-29-22)25(34)31(24(26)33)15-8-6-7-14(28)13-15/h2-13,20-21,30H,1H3. The zero-order valence-corrected chi connectivity index (χ0v) is 20.1. The number of nitrogens with zero attached hydrogens (tertiary/aromatic N) is 2. The molecule has 1 N–H and O–H groups in total. The molecule has 2 unspecified atom stereocenters. The Hall–Kier alpha value is -3.78. The van der Waals surface area contributed by atoms with Gasteiger partial charge >= 0.3 is 5.97 Å². The summed E-state index contributed by atoms with van der Waals surface area (Å²) in [5, 5.41) is 4.38. The summed E-state index contributed by atoms with van der Waals surface area (Å²) >= 11 is 3.45. The van der Waals surface area contributed by atoms with E-state index in [1.165, 1.54) is 12.0 Å². The highest BCUT2D eigenvalue weighted by molar-refractivity contribution is 9.10. The van der Waals surface area contributed by atoms with Gasteiger partial charge in [0.25, 0.3) is 11.8 Å². The average Bonchev–Trinajstić information content (AvgIpc) is 3.35. The predicted molar refractivity (Wildman–Crippen MR) is 131 cm³/mol. The number of hydrogen-bond donors (Lipinski definition) is 1. The number of carbonyl (C=O) groups excluding carboxylic acids is 3. The van der Waals surface area contributed by atoms with Crippen molar-refractivity contribution in [3.05, 3.63) is 99.5 Å². The average molecular weight is 528 g/mol. The highest BCUT2D eigenvalue weighted by Crippen LogP contribution is 2.71. The number of amides is 2. The Labute approximate surface area is 208 Å². The minimum atomic E-state index is -1.59. The number of ether oxygens (including phenoxy) is 1. The lowest BCUT2D eigenvalue weighted by Gasteiger charge is -2.55. The van der Waals surface area contributed by atoms with Crippen molar-refractivity contribution in [1.29, 1.82) is 0 Å². The number of nitrogens with one attached hydrogen (secondary N) is 1. The van der Waals surface area contributed by atoms with E-state index in [-0.39, 0.29) is 5.71 Å². The molecule has 3 aliphatic carbocycles. The van der Waals surface area contributed by atoms with Crippen LogP contribution in [0.5, 0.6) is 0 Å². The van der Waals surface area contributed by atoms with E-state index in [1.54, 1.807) is 18.2 Å². The van der Waals surface area contributed by atoms with Crippen LogP contribution in [0.15, 0.2) is 82.4 Å². The molecule has 3 aromatic carbocycles. The van der Waals surface area contributed by atoms with Crippen LogP contribution in [0, 0.1) is 5.41 Å². The maximum Gasteiger partial charge on any atom is 0.355 e. The number of imide groups is 1. The lowest BCUT2D eigenvalue weighted by molar-refractivity contribution is -0.135. The largest absolute Gasteiger partial charge is 0.464 e. The summed E-state index contributed by atoms with van der Waals surface area (Å²) in [6, 6.07) is 22.7. The molecular weight excluding hydrogens is 510 g/mol. The van der Waals surface area contributed by atoms with Crippen molar-refractivity contribution in [2.45, 2.75) is 17.4 Å². The van der Waals surface area contributed by atoms with Gasteiger partial charge in [0.2, 0.25) is 0 Å². The lowest BCUT2D eigenvalue weighted by Crippen LogP contribution is -2.69. The molecule has 5 aliphatic rings. The Balaban J connectivity index is 1.61. The van der Waals surface area contributed by atoms with Crippen molar-refractivity contribution in [2.75, 3.05) is 12.0 Å². The van der Waals surface area contributed by atoms with Gasteiger partial charge in [0.1, 0.15) is 5.41 Å². The van der Waals surface area contributed by atoms with Gasteiger partial charge in [0.15, 0.2) is 11.3 Å². The van der Waals surface area contributed by atoms with Crippen molar-refractivity contribution >= 4 is 45.1 Å². The van der Waals surface area contributed by atoms with Crippen molar-refractivity contribution in [3.8, 4) is 0 Å². The molecule has 2 bridgehead atoms. The van der Waals surface area contributed by atoms with Gasteiger partial charge in [-0.05, 0) is 40.5 Å². The minimum absolute atomic E-state index is 0.0603. The first kappa shape index (κ1) is 20.6. The maximum absolute atomic E-state index is 14.7. The second-order valence-corrected chi connectivity index (χ2v) is 10.1. The van der Waals surface area contributed by atoms with E-state index in [2.05, 4.69) is 26.5 Å². The molecule has 0 spiro atoms. The smallest absolute Gasteiger partial charge is 0.355 e. The maximum atomic E-state index is 14.7. The molecule has 8 rings (SSSR count). The summed E-state index contributed by atoms with van der Waals surface area (Å²) in [6.45, 7) is 0. The first-order chi connectivity index (χ1) is 17.0. The van der Waals surface area contributed by atoms with Crippen LogP contribution in [0.25, 0.3) is 0 Å². The summed E-state index contributed by atoms with van der Waals surface area (Å²) in [6.07, 6.45) is 0. The molecule has 35 heavy (non-hydrogen) atoms. The Bertz CT molecular complexity index is 1490. The quantitative estimate of drug-likeness (QED) is 0.407. The van der Waals surface area contributed by atoms with Gasteiger partial charge in [0, 0.05) is 16.3 Å². The van der Waals surface area contributed by atoms with Crippen molar-refractivity contribution in [2.24, 2.45) is 10.5 Å². The number of esters is 1. The molecule has 0 radical (unpaired) electrons. The lowest BCUT2D eigenvalue weighted by atomic mass is 9.43. The van der Waals surface area contributed by atoms with E-state index in [0.29, 0.717) is 5.69 Å². The molecule has 1 saturated heterocycles. The van der Waals surface area contributed by atoms with Crippen LogP contribution in [0.4, 0.5) is 5.69 Å². The van der Waals surface area contributed by atoms with Gasteiger partial charge in [-0.2, -0.15) is 5.10 Å². The van der Waals surface area contributed by atoms with Gasteiger partial charge in [-0.3, -0.25) is 15.0 Å². The van der Waals surface area contributed by atoms with E-state index in [1.807, 2.05) is 54.6 Å². The van der Waals surface area contributed by atoms with Gasteiger partial charge in [-0.15, -0.1) is 0 Å². The molecule has 1 fully saturated rings.